The molecule has 3 N–H and O–H groups in total. The smallest absolute Gasteiger partial charge is 0.215 e. The monoisotopic (exact) mass is 238 g/mol. The number of hydrogen-bond donors (Lipinski definition) is 2. The van der Waals surface area contributed by atoms with E-state index in [1.54, 1.807) is 0 Å². The fourth-order valence-corrected chi connectivity index (χ4v) is 2.60. The van der Waals surface area contributed by atoms with Crippen LogP contribution in [0.4, 0.5) is 0 Å². The molecular weight excluding hydrogens is 216 g/mol. The van der Waals surface area contributed by atoms with E-state index in [9.17, 15) is 8.42 Å². The first-order valence-electron chi connectivity index (χ1n) is 5.28. The molecule has 0 rings (SSSR count). The average Bonchev–Trinajstić information content (AvgIpc) is 2.17. The molecule has 0 aromatic carbocycles. The van der Waals surface area contributed by atoms with Crippen LogP contribution in [0.2, 0.25) is 0 Å². The van der Waals surface area contributed by atoms with E-state index in [-0.39, 0.29) is 12.6 Å². The van der Waals surface area contributed by atoms with Crippen LogP contribution in [0.5, 0.6) is 0 Å². The third kappa shape index (κ3) is 5.46. The molecule has 5 nitrogen and oxygen atoms in total. The Labute approximate surface area is 92.4 Å². The van der Waals surface area contributed by atoms with E-state index in [1.807, 2.05) is 20.8 Å². The highest BCUT2D eigenvalue weighted by atomic mass is 32.2. The summed E-state index contributed by atoms with van der Waals surface area (Å²) in [4.78, 5) is 0. The van der Waals surface area contributed by atoms with E-state index < -0.39 is 15.3 Å². The maximum Gasteiger partial charge on any atom is 0.215 e. The third-order valence-electron chi connectivity index (χ3n) is 2.18. The molecule has 0 fully saturated rings. The van der Waals surface area contributed by atoms with Crippen LogP contribution in [-0.4, -0.2) is 39.5 Å². The minimum absolute atomic E-state index is 0.111. The Kier molecular flexibility index (Phi) is 7.08. The van der Waals surface area contributed by atoms with Gasteiger partial charge in [0, 0.05) is 19.7 Å². The van der Waals surface area contributed by atoms with Crippen LogP contribution in [0.15, 0.2) is 0 Å². The largest absolute Gasteiger partial charge is 0.377 e. The number of rotatable bonds is 8. The average molecular weight is 238 g/mol. The van der Waals surface area contributed by atoms with Gasteiger partial charge in [-0.1, -0.05) is 6.92 Å². The fraction of sp³-hybridized carbons (Fsp3) is 1.00. The molecule has 0 saturated carbocycles. The molecular formula is C9H22N2O3S. The fourth-order valence-electron chi connectivity index (χ4n) is 1.21. The minimum Gasteiger partial charge on any atom is -0.377 e. The van der Waals surface area contributed by atoms with Crippen molar-refractivity contribution < 1.29 is 13.2 Å². The quantitative estimate of drug-likeness (QED) is 0.627. The summed E-state index contributed by atoms with van der Waals surface area (Å²) in [6.07, 6.45) is 0.412. The Morgan fingerprint density at radius 1 is 1.40 bits per heavy atom. The van der Waals surface area contributed by atoms with Crippen molar-refractivity contribution in [2.75, 3.05) is 19.7 Å². The third-order valence-corrected chi connectivity index (χ3v) is 4.15. The van der Waals surface area contributed by atoms with Gasteiger partial charge in [0.25, 0.3) is 0 Å². The van der Waals surface area contributed by atoms with Crippen LogP contribution in [-0.2, 0) is 14.8 Å². The van der Waals surface area contributed by atoms with E-state index >= 15 is 0 Å². The van der Waals surface area contributed by atoms with Gasteiger partial charge in [-0.2, -0.15) is 0 Å². The minimum atomic E-state index is -3.29. The Hall–Kier alpha value is -0.170. The van der Waals surface area contributed by atoms with Gasteiger partial charge in [-0.25, -0.2) is 13.1 Å². The van der Waals surface area contributed by atoms with E-state index in [2.05, 4.69) is 4.72 Å². The van der Waals surface area contributed by atoms with Crippen molar-refractivity contribution in [2.24, 2.45) is 5.73 Å². The summed E-state index contributed by atoms with van der Waals surface area (Å²) in [6.45, 7) is 6.54. The second-order valence-corrected chi connectivity index (χ2v) is 5.47. The lowest BCUT2D eigenvalue weighted by molar-refractivity contribution is 0.0799. The maximum atomic E-state index is 11.7. The summed E-state index contributed by atoms with van der Waals surface area (Å²) in [5.74, 6) is 0. The molecule has 0 aliphatic heterocycles. The zero-order valence-corrected chi connectivity index (χ0v) is 10.5. The molecule has 0 heterocycles. The van der Waals surface area contributed by atoms with Crippen LogP contribution in [0, 0.1) is 0 Å². The Balaban J connectivity index is 4.14. The Bertz CT molecular complexity index is 250. The predicted octanol–water partition coefficient (Wildman–Crippen LogP) is 0.0681. The molecule has 2 unspecified atom stereocenters. The van der Waals surface area contributed by atoms with E-state index in [4.69, 9.17) is 10.5 Å². The number of nitrogens with two attached hydrogens (primary N) is 1. The molecule has 6 heteroatoms. The lowest BCUT2D eigenvalue weighted by atomic mass is 10.3. The molecule has 2 atom stereocenters. The van der Waals surface area contributed by atoms with Crippen molar-refractivity contribution in [3.05, 3.63) is 0 Å². The van der Waals surface area contributed by atoms with Crippen molar-refractivity contribution in [3.8, 4) is 0 Å². The molecule has 0 saturated heterocycles. The van der Waals surface area contributed by atoms with Gasteiger partial charge in [0.05, 0.1) is 11.4 Å². The van der Waals surface area contributed by atoms with E-state index in [0.717, 1.165) is 0 Å². The van der Waals surface area contributed by atoms with Crippen LogP contribution in [0.1, 0.15) is 27.2 Å². The first-order valence-corrected chi connectivity index (χ1v) is 6.82. The molecule has 0 aliphatic carbocycles. The molecule has 0 bridgehead atoms. The number of nitrogens with one attached hydrogen (secondary N) is 1. The summed E-state index contributed by atoms with van der Waals surface area (Å²) in [6, 6.07) is 0. The normalized spacial score (nSPS) is 16.3. The number of sulfonamides is 1. The lowest BCUT2D eigenvalue weighted by Crippen LogP contribution is -2.41. The predicted molar refractivity (Wildman–Crippen MR) is 61.1 cm³/mol. The molecule has 0 aromatic rings. The van der Waals surface area contributed by atoms with Gasteiger partial charge in [-0.05, 0) is 20.3 Å². The highest BCUT2D eigenvalue weighted by Crippen LogP contribution is 2.02. The van der Waals surface area contributed by atoms with Gasteiger partial charge < -0.3 is 10.5 Å². The van der Waals surface area contributed by atoms with Crippen LogP contribution in [0.3, 0.4) is 0 Å². The van der Waals surface area contributed by atoms with Crippen LogP contribution in [0.25, 0.3) is 0 Å². The van der Waals surface area contributed by atoms with Crippen LogP contribution < -0.4 is 10.5 Å². The summed E-state index contributed by atoms with van der Waals surface area (Å²) in [5, 5.41) is -0.508. The maximum absolute atomic E-state index is 11.7. The van der Waals surface area contributed by atoms with Crippen molar-refractivity contribution in [3.63, 3.8) is 0 Å². The van der Waals surface area contributed by atoms with Gasteiger partial charge in [0.15, 0.2) is 0 Å². The second kappa shape index (κ2) is 7.16. The SMILES string of the molecule is CCOC(C)CNS(=O)(=O)C(CC)CN. The summed E-state index contributed by atoms with van der Waals surface area (Å²) >= 11 is 0. The molecule has 0 radical (unpaired) electrons. The Morgan fingerprint density at radius 3 is 2.40 bits per heavy atom. The van der Waals surface area contributed by atoms with Crippen LogP contribution >= 0.6 is 0 Å². The van der Waals surface area contributed by atoms with Crippen molar-refractivity contribution in [1.29, 1.82) is 0 Å². The number of hydrogen-bond acceptors (Lipinski definition) is 4. The number of ether oxygens (including phenoxy) is 1. The molecule has 0 aliphatic rings. The van der Waals surface area contributed by atoms with Gasteiger partial charge in [-0.3, -0.25) is 0 Å². The lowest BCUT2D eigenvalue weighted by Gasteiger charge is -2.17. The van der Waals surface area contributed by atoms with Gasteiger partial charge in [0.1, 0.15) is 0 Å². The van der Waals surface area contributed by atoms with Gasteiger partial charge in [0.2, 0.25) is 10.0 Å². The Morgan fingerprint density at radius 2 is 2.00 bits per heavy atom. The van der Waals surface area contributed by atoms with Gasteiger partial charge in [-0.15, -0.1) is 0 Å². The molecule has 92 valence electrons. The second-order valence-electron chi connectivity index (χ2n) is 3.43. The molecule has 0 amide bonds. The topological polar surface area (TPSA) is 81.4 Å². The first-order chi connectivity index (χ1) is 6.97. The van der Waals surface area contributed by atoms with E-state index in [1.165, 1.54) is 0 Å². The summed E-state index contributed by atoms with van der Waals surface area (Å²) in [7, 11) is -3.29. The van der Waals surface area contributed by atoms with E-state index in [0.29, 0.717) is 19.6 Å². The van der Waals surface area contributed by atoms with Crippen molar-refractivity contribution in [1.82, 2.24) is 4.72 Å². The molecule has 15 heavy (non-hydrogen) atoms. The highest BCUT2D eigenvalue weighted by molar-refractivity contribution is 7.90. The first kappa shape index (κ1) is 14.8. The van der Waals surface area contributed by atoms with Crippen molar-refractivity contribution in [2.45, 2.75) is 38.5 Å². The molecule has 0 spiro atoms. The van der Waals surface area contributed by atoms with Crippen molar-refractivity contribution >= 4 is 10.0 Å². The summed E-state index contributed by atoms with van der Waals surface area (Å²) in [5.41, 5.74) is 5.38. The zero-order valence-electron chi connectivity index (χ0n) is 9.69. The summed E-state index contributed by atoms with van der Waals surface area (Å²) < 4.78 is 31.0. The standard InChI is InChI=1S/C9H22N2O3S/c1-4-9(6-10)15(12,13)11-7-8(3)14-5-2/h8-9,11H,4-7,10H2,1-3H3. The zero-order chi connectivity index (χ0) is 11.9. The highest BCUT2D eigenvalue weighted by Gasteiger charge is 2.22. The van der Waals surface area contributed by atoms with Gasteiger partial charge >= 0.3 is 0 Å². The molecule has 0 aromatic heterocycles.